The summed E-state index contributed by atoms with van der Waals surface area (Å²) in [5.74, 6) is 0. The van der Waals surface area contributed by atoms with Gasteiger partial charge in [0.1, 0.15) is 0 Å². The zero-order chi connectivity index (χ0) is 13.4. The van der Waals surface area contributed by atoms with E-state index in [-0.39, 0.29) is 18.3 Å². The highest BCUT2D eigenvalue weighted by molar-refractivity contribution is 6.62. The number of nitrogens with one attached hydrogen (secondary N) is 1. The summed E-state index contributed by atoms with van der Waals surface area (Å²) in [5, 5.41) is 0. The molecule has 98 valence electrons. The van der Waals surface area contributed by atoms with Crippen LogP contribution in [0, 0.1) is 0 Å². The molecule has 0 saturated carbocycles. The monoisotopic (exact) mass is 267 g/mol. The maximum Gasteiger partial charge on any atom is 0.494 e. The first kappa shape index (κ1) is 13.9. The molecule has 1 aliphatic heterocycles. The Bertz CT molecular complexity index is 404. The molecule has 0 amide bonds. The summed E-state index contributed by atoms with van der Waals surface area (Å²) in [5.41, 5.74) is 1.57. The van der Waals surface area contributed by atoms with Gasteiger partial charge >= 0.3 is 7.12 Å². The van der Waals surface area contributed by atoms with Crippen molar-refractivity contribution in [3.8, 4) is 0 Å². The number of halogens is 1. The van der Waals surface area contributed by atoms with Crippen molar-refractivity contribution in [3.05, 3.63) is 29.8 Å². The lowest BCUT2D eigenvalue weighted by Gasteiger charge is -2.32. The zero-order valence-corrected chi connectivity index (χ0v) is 12.0. The van der Waals surface area contributed by atoms with E-state index >= 15 is 0 Å². The van der Waals surface area contributed by atoms with Gasteiger partial charge in [-0.05, 0) is 50.5 Å². The lowest BCUT2D eigenvalue weighted by Crippen LogP contribution is -2.41. The van der Waals surface area contributed by atoms with Crippen LogP contribution >= 0.6 is 11.8 Å². The van der Waals surface area contributed by atoms with E-state index in [1.807, 2.05) is 24.3 Å². The molecule has 0 atom stereocenters. The molecule has 0 unspecified atom stereocenters. The lowest BCUT2D eigenvalue weighted by atomic mass is 9.79. The predicted octanol–water partition coefficient (Wildman–Crippen LogP) is 2.23. The highest BCUT2D eigenvalue weighted by atomic mass is 35.5. The third kappa shape index (κ3) is 2.57. The molecular weight excluding hydrogens is 248 g/mol. The van der Waals surface area contributed by atoms with E-state index in [1.165, 1.54) is 0 Å². The van der Waals surface area contributed by atoms with Crippen LogP contribution in [-0.4, -0.2) is 18.3 Å². The highest BCUT2D eigenvalue weighted by Crippen LogP contribution is 2.36. The van der Waals surface area contributed by atoms with Crippen molar-refractivity contribution in [1.29, 1.82) is 0 Å². The fraction of sp³-hybridized carbons (Fsp3) is 0.538. The number of hydrogen-bond donors (Lipinski definition) is 1. The van der Waals surface area contributed by atoms with E-state index in [1.54, 1.807) is 0 Å². The van der Waals surface area contributed by atoms with Crippen molar-refractivity contribution < 1.29 is 9.31 Å². The van der Waals surface area contributed by atoms with E-state index in [9.17, 15) is 0 Å². The second kappa shape index (κ2) is 4.85. The maximum atomic E-state index is 5.99. The van der Waals surface area contributed by atoms with Gasteiger partial charge < -0.3 is 9.31 Å². The second-order valence-corrected chi connectivity index (χ2v) is 5.91. The normalized spacial score (nSPS) is 21.3. The predicted molar refractivity (Wildman–Crippen MR) is 74.9 cm³/mol. The molecule has 1 fully saturated rings. The zero-order valence-electron chi connectivity index (χ0n) is 11.3. The first-order valence-electron chi connectivity index (χ1n) is 6.14. The van der Waals surface area contributed by atoms with Gasteiger partial charge in [0.2, 0.25) is 0 Å². The van der Waals surface area contributed by atoms with Crippen LogP contribution in [0.3, 0.4) is 0 Å². The summed E-state index contributed by atoms with van der Waals surface area (Å²) in [6.07, 6.45) is 0. The Labute approximate surface area is 114 Å². The highest BCUT2D eigenvalue weighted by Gasteiger charge is 2.51. The van der Waals surface area contributed by atoms with Gasteiger partial charge in [-0.2, -0.15) is 0 Å². The van der Waals surface area contributed by atoms with Gasteiger partial charge in [-0.1, -0.05) is 24.3 Å². The van der Waals surface area contributed by atoms with Gasteiger partial charge in [-0.15, -0.1) is 0 Å². The first-order valence-corrected chi connectivity index (χ1v) is 6.51. The van der Waals surface area contributed by atoms with Crippen LogP contribution in [0.5, 0.6) is 0 Å². The van der Waals surface area contributed by atoms with Crippen LogP contribution in [0.1, 0.15) is 33.3 Å². The fourth-order valence-electron chi connectivity index (χ4n) is 1.85. The molecule has 1 aromatic carbocycles. The van der Waals surface area contributed by atoms with Gasteiger partial charge in [0.05, 0.1) is 11.2 Å². The Morgan fingerprint density at radius 3 is 2.00 bits per heavy atom. The van der Waals surface area contributed by atoms with Crippen molar-refractivity contribution in [2.45, 2.75) is 45.4 Å². The minimum atomic E-state index is -0.298. The van der Waals surface area contributed by atoms with Gasteiger partial charge in [-0.3, -0.25) is 0 Å². The van der Waals surface area contributed by atoms with Crippen LogP contribution < -0.4 is 10.3 Å². The van der Waals surface area contributed by atoms with Gasteiger partial charge in [0.25, 0.3) is 0 Å². The molecule has 0 radical (unpaired) electrons. The average Bonchev–Trinajstić information content (AvgIpc) is 2.50. The summed E-state index contributed by atoms with van der Waals surface area (Å²) in [6, 6.07) is 8.09. The number of benzene rings is 1. The topological polar surface area (TPSA) is 30.5 Å². The fourth-order valence-corrected chi connectivity index (χ4v) is 2.00. The standard InChI is InChI=1S/C13H19BClNO2/c1-12(2)13(3,4)18-14(17-12)11-7-5-10(6-8-11)9-16-15/h5-8,16H,9H2,1-4H3. The number of rotatable bonds is 3. The van der Waals surface area contributed by atoms with Crippen LogP contribution in [0.2, 0.25) is 0 Å². The quantitative estimate of drug-likeness (QED) is 0.673. The molecule has 0 aromatic heterocycles. The van der Waals surface area contributed by atoms with Crippen molar-refractivity contribution >= 4 is 24.4 Å². The molecule has 5 heteroatoms. The molecular formula is C13H19BClNO2. The van der Waals surface area contributed by atoms with E-state index in [0.717, 1.165) is 11.0 Å². The SMILES string of the molecule is CC1(C)OB(c2ccc(CNCl)cc2)OC1(C)C. The smallest absolute Gasteiger partial charge is 0.399 e. The van der Waals surface area contributed by atoms with Crippen molar-refractivity contribution in [2.75, 3.05) is 0 Å². The van der Waals surface area contributed by atoms with Crippen LogP contribution in [0.15, 0.2) is 24.3 Å². The van der Waals surface area contributed by atoms with Crippen LogP contribution in [-0.2, 0) is 15.9 Å². The number of hydrogen-bond acceptors (Lipinski definition) is 3. The Hall–Kier alpha value is -0.545. The molecule has 2 rings (SSSR count). The molecule has 0 spiro atoms. The summed E-state index contributed by atoms with van der Waals surface area (Å²) < 4.78 is 12.0. The Balaban J connectivity index is 2.14. The van der Waals surface area contributed by atoms with Crippen LogP contribution in [0.25, 0.3) is 0 Å². The minimum absolute atomic E-state index is 0.298. The summed E-state index contributed by atoms with van der Waals surface area (Å²) >= 11 is 5.48. The maximum absolute atomic E-state index is 5.99. The third-order valence-corrected chi connectivity index (χ3v) is 3.91. The lowest BCUT2D eigenvalue weighted by molar-refractivity contribution is 0.00578. The van der Waals surface area contributed by atoms with E-state index < -0.39 is 0 Å². The van der Waals surface area contributed by atoms with Crippen molar-refractivity contribution in [3.63, 3.8) is 0 Å². The molecule has 3 nitrogen and oxygen atoms in total. The first-order chi connectivity index (χ1) is 8.36. The summed E-state index contributed by atoms with van der Waals surface area (Å²) in [7, 11) is -0.298. The molecule has 18 heavy (non-hydrogen) atoms. The van der Waals surface area contributed by atoms with Crippen molar-refractivity contribution in [1.82, 2.24) is 4.84 Å². The largest absolute Gasteiger partial charge is 0.494 e. The van der Waals surface area contributed by atoms with Crippen molar-refractivity contribution in [2.24, 2.45) is 0 Å². The minimum Gasteiger partial charge on any atom is -0.399 e. The van der Waals surface area contributed by atoms with Gasteiger partial charge in [0, 0.05) is 6.54 Å². The summed E-state index contributed by atoms with van der Waals surface area (Å²) in [6.45, 7) is 8.86. The van der Waals surface area contributed by atoms with Gasteiger partial charge in [0.15, 0.2) is 0 Å². The second-order valence-electron chi connectivity index (χ2n) is 5.64. The molecule has 0 bridgehead atoms. The summed E-state index contributed by atoms with van der Waals surface area (Å²) in [4.78, 5) is 2.61. The molecule has 1 N–H and O–H groups in total. The Morgan fingerprint density at radius 1 is 1.06 bits per heavy atom. The Morgan fingerprint density at radius 2 is 1.56 bits per heavy atom. The third-order valence-electron chi connectivity index (χ3n) is 3.78. The van der Waals surface area contributed by atoms with Crippen LogP contribution in [0.4, 0.5) is 0 Å². The molecule has 1 heterocycles. The molecule has 1 aliphatic rings. The van der Waals surface area contributed by atoms with E-state index in [0.29, 0.717) is 6.54 Å². The van der Waals surface area contributed by atoms with E-state index in [2.05, 4.69) is 32.5 Å². The molecule has 1 aromatic rings. The Kier molecular flexibility index (Phi) is 3.74. The van der Waals surface area contributed by atoms with Gasteiger partial charge in [-0.25, -0.2) is 4.84 Å². The van der Waals surface area contributed by atoms with E-state index in [4.69, 9.17) is 21.1 Å². The average molecular weight is 268 g/mol. The molecule has 0 aliphatic carbocycles. The molecule has 1 saturated heterocycles.